The molecule has 0 amide bonds. The van der Waals surface area contributed by atoms with E-state index in [1.165, 1.54) is 0 Å². The average Bonchev–Trinajstić information content (AvgIpc) is 1.41. The van der Waals surface area contributed by atoms with Gasteiger partial charge in [0.25, 0.3) is 0 Å². The fourth-order valence-corrected chi connectivity index (χ4v) is 0.433. The van der Waals surface area contributed by atoms with Crippen molar-refractivity contribution in [1.82, 2.24) is 10.9 Å². The molecule has 0 heterocycles. The molecule has 0 aliphatic heterocycles. The normalized spacial score (nSPS) is 7.00. The summed E-state index contributed by atoms with van der Waals surface area (Å²) in [5.74, 6) is 0. The Bertz CT molecular complexity index is 16.3. The zero-order valence-electron chi connectivity index (χ0n) is 4.32. The van der Waals surface area contributed by atoms with Gasteiger partial charge in [0.05, 0.1) is 0 Å². The van der Waals surface area contributed by atoms with Crippen molar-refractivity contribution in [2.45, 2.75) is 6.92 Å². The van der Waals surface area contributed by atoms with Crippen LogP contribution in [0.3, 0.4) is 0 Å². The molecule has 0 saturated heterocycles. The van der Waals surface area contributed by atoms with Gasteiger partial charge in [0, 0.05) is 6.54 Å². The highest BCUT2D eigenvalue weighted by Gasteiger charge is 1.63. The van der Waals surface area contributed by atoms with E-state index in [4.69, 9.17) is 0 Å². The SMILES string of the molecule is CCNSC.N. The van der Waals surface area contributed by atoms with Crippen molar-refractivity contribution in [3.05, 3.63) is 0 Å². The zero-order chi connectivity index (χ0) is 4.12. The molecule has 0 radical (unpaired) electrons. The third-order valence-electron chi connectivity index (χ3n) is 0.289. The summed E-state index contributed by atoms with van der Waals surface area (Å²) >= 11 is 1.65. The lowest BCUT2D eigenvalue weighted by molar-refractivity contribution is 1.04. The molecule has 0 spiro atoms. The van der Waals surface area contributed by atoms with Gasteiger partial charge in [0.1, 0.15) is 0 Å². The highest BCUT2D eigenvalue weighted by molar-refractivity contribution is 7.96. The highest BCUT2D eigenvalue weighted by Crippen LogP contribution is 1.75. The summed E-state index contributed by atoms with van der Waals surface area (Å²) in [5, 5.41) is 0. The van der Waals surface area contributed by atoms with Crippen LogP contribution in [0.4, 0.5) is 0 Å². The lowest BCUT2D eigenvalue weighted by Gasteiger charge is -1.85. The van der Waals surface area contributed by atoms with Gasteiger partial charge in [-0.1, -0.05) is 18.9 Å². The van der Waals surface area contributed by atoms with E-state index < -0.39 is 0 Å². The molecule has 0 fully saturated rings. The monoisotopic (exact) mass is 108 g/mol. The Hall–Kier alpha value is 0.270. The molecule has 0 bridgehead atoms. The van der Waals surface area contributed by atoms with Crippen molar-refractivity contribution in [2.24, 2.45) is 0 Å². The van der Waals surface area contributed by atoms with Crippen LogP contribution in [0.25, 0.3) is 0 Å². The molecule has 3 heteroatoms. The molecule has 0 atom stereocenters. The Balaban J connectivity index is 0. The summed E-state index contributed by atoms with van der Waals surface area (Å²) in [6.45, 7) is 3.14. The Morgan fingerprint density at radius 1 is 1.67 bits per heavy atom. The fraction of sp³-hybridized carbons (Fsp3) is 1.00. The van der Waals surface area contributed by atoms with E-state index in [0.29, 0.717) is 0 Å². The second-order valence-corrected chi connectivity index (χ2v) is 1.40. The van der Waals surface area contributed by atoms with Crippen LogP contribution < -0.4 is 10.9 Å². The smallest absolute Gasteiger partial charge is 0.00299 e. The molecule has 0 aromatic carbocycles. The first-order valence-corrected chi connectivity index (χ1v) is 2.90. The van der Waals surface area contributed by atoms with Crippen LogP contribution in [0, 0.1) is 0 Å². The van der Waals surface area contributed by atoms with Gasteiger partial charge < -0.3 is 6.15 Å². The van der Waals surface area contributed by atoms with Crippen LogP contribution in [0.5, 0.6) is 0 Å². The minimum Gasteiger partial charge on any atom is -0.344 e. The molecule has 0 aromatic rings. The second kappa shape index (κ2) is 8.99. The quantitative estimate of drug-likeness (QED) is 0.519. The molecule has 6 heavy (non-hydrogen) atoms. The molecule has 0 rings (SSSR count). The number of nitrogens with one attached hydrogen (secondary N) is 1. The Morgan fingerprint density at radius 2 is 2.17 bits per heavy atom. The van der Waals surface area contributed by atoms with Crippen molar-refractivity contribution in [3.63, 3.8) is 0 Å². The van der Waals surface area contributed by atoms with Crippen molar-refractivity contribution < 1.29 is 0 Å². The summed E-state index contributed by atoms with van der Waals surface area (Å²) in [6.07, 6.45) is 2.02. The van der Waals surface area contributed by atoms with Gasteiger partial charge in [-0.25, -0.2) is 0 Å². The van der Waals surface area contributed by atoms with E-state index in [1.54, 1.807) is 11.9 Å². The van der Waals surface area contributed by atoms with Gasteiger partial charge in [0.2, 0.25) is 0 Å². The largest absolute Gasteiger partial charge is 0.344 e. The standard InChI is InChI=1S/C3H9NS.H3N/c1-3-4-5-2;/h4H,3H2,1-2H3;1H3. The van der Waals surface area contributed by atoms with Gasteiger partial charge >= 0.3 is 0 Å². The topological polar surface area (TPSA) is 47.0 Å². The number of hydrogen-bond donors (Lipinski definition) is 2. The molecule has 0 aliphatic carbocycles. The van der Waals surface area contributed by atoms with Crippen LogP contribution >= 0.6 is 11.9 Å². The minimum atomic E-state index is 0. The maximum Gasteiger partial charge on any atom is 0.00299 e. The van der Waals surface area contributed by atoms with Gasteiger partial charge in [-0.15, -0.1) is 0 Å². The Morgan fingerprint density at radius 3 is 2.17 bits per heavy atom. The summed E-state index contributed by atoms with van der Waals surface area (Å²) in [5.41, 5.74) is 0. The van der Waals surface area contributed by atoms with E-state index in [0.717, 1.165) is 6.54 Å². The van der Waals surface area contributed by atoms with Crippen LogP contribution in [0.1, 0.15) is 6.92 Å². The first kappa shape index (κ1) is 9.55. The predicted molar refractivity (Wildman–Crippen MR) is 32.2 cm³/mol. The van der Waals surface area contributed by atoms with Gasteiger partial charge in [0.15, 0.2) is 0 Å². The molecule has 0 unspecified atom stereocenters. The van der Waals surface area contributed by atoms with Crippen molar-refractivity contribution in [2.75, 3.05) is 12.8 Å². The van der Waals surface area contributed by atoms with Crippen LogP contribution in [-0.2, 0) is 0 Å². The third kappa shape index (κ3) is 8.86. The van der Waals surface area contributed by atoms with E-state index in [2.05, 4.69) is 11.6 Å². The lowest BCUT2D eigenvalue weighted by atomic mass is 10.8. The lowest BCUT2D eigenvalue weighted by Crippen LogP contribution is -1.97. The van der Waals surface area contributed by atoms with Gasteiger partial charge in [-0.2, -0.15) is 0 Å². The Labute approximate surface area is 43.4 Å². The van der Waals surface area contributed by atoms with Gasteiger partial charge in [-0.3, -0.25) is 4.72 Å². The molecule has 4 N–H and O–H groups in total. The van der Waals surface area contributed by atoms with E-state index in [1.807, 2.05) is 6.26 Å². The predicted octanol–water partition coefficient (Wildman–Crippen LogP) is 1.04. The van der Waals surface area contributed by atoms with Crippen molar-refractivity contribution >= 4 is 11.9 Å². The summed E-state index contributed by atoms with van der Waals surface area (Å²) in [7, 11) is 0. The summed E-state index contributed by atoms with van der Waals surface area (Å²) < 4.78 is 3.03. The first-order chi connectivity index (χ1) is 2.41. The fourth-order valence-electron chi connectivity index (χ4n) is 0.144. The molecular weight excluding hydrogens is 96.1 g/mol. The minimum absolute atomic E-state index is 0. The highest BCUT2D eigenvalue weighted by atomic mass is 32.2. The third-order valence-corrected chi connectivity index (χ3v) is 0.866. The maximum atomic E-state index is 3.03. The van der Waals surface area contributed by atoms with Crippen molar-refractivity contribution in [3.8, 4) is 0 Å². The van der Waals surface area contributed by atoms with Gasteiger partial charge in [-0.05, 0) is 6.26 Å². The van der Waals surface area contributed by atoms with E-state index in [9.17, 15) is 0 Å². The van der Waals surface area contributed by atoms with Crippen LogP contribution in [-0.4, -0.2) is 12.8 Å². The number of rotatable bonds is 2. The number of hydrogen-bond acceptors (Lipinski definition) is 3. The molecular formula is C3H12N2S. The molecule has 2 nitrogen and oxygen atoms in total. The van der Waals surface area contributed by atoms with Crippen LogP contribution in [0.15, 0.2) is 0 Å². The summed E-state index contributed by atoms with van der Waals surface area (Å²) in [6, 6.07) is 0. The van der Waals surface area contributed by atoms with E-state index >= 15 is 0 Å². The van der Waals surface area contributed by atoms with Crippen LogP contribution in [0.2, 0.25) is 0 Å². The zero-order valence-corrected chi connectivity index (χ0v) is 5.14. The maximum absolute atomic E-state index is 3.03. The Kier molecular flexibility index (Phi) is 14.3. The average molecular weight is 108 g/mol. The molecule has 40 valence electrons. The summed E-state index contributed by atoms with van der Waals surface area (Å²) in [4.78, 5) is 0. The second-order valence-electron chi connectivity index (χ2n) is 0.702. The van der Waals surface area contributed by atoms with Crippen molar-refractivity contribution in [1.29, 1.82) is 0 Å². The molecule has 0 aromatic heterocycles. The molecule has 0 saturated carbocycles. The first-order valence-electron chi connectivity index (χ1n) is 1.67. The van der Waals surface area contributed by atoms with E-state index in [-0.39, 0.29) is 6.15 Å². The molecule has 0 aliphatic rings.